The first kappa shape index (κ1) is 15.3. The molecular weight excluding hydrogens is 260 g/mol. The van der Waals surface area contributed by atoms with Gasteiger partial charge in [0, 0.05) is 12.1 Å². The van der Waals surface area contributed by atoms with Crippen molar-refractivity contribution in [2.75, 3.05) is 0 Å². The molecule has 2 N–H and O–H groups in total. The summed E-state index contributed by atoms with van der Waals surface area (Å²) in [5.74, 6) is 1.95. The molecule has 1 heterocycles. The van der Waals surface area contributed by atoms with Gasteiger partial charge in [0.2, 0.25) is 5.91 Å². The minimum absolute atomic E-state index is 0.0893. The van der Waals surface area contributed by atoms with Crippen LogP contribution in [0.15, 0.2) is 0 Å². The molecule has 0 bridgehead atoms. The highest BCUT2D eigenvalue weighted by atomic mass is 16.2. The molecule has 0 aromatic rings. The second-order valence-corrected chi connectivity index (χ2v) is 7.62. The highest BCUT2D eigenvalue weighted by Crippen LogP contribution is 2.33. The molecule has 1 aliphatic heterocycles. The Bertz CT molecular complexity index is 335. The van der Waals surface area contributed by atoms with Gasteiger partial charge < -0.3 is 10.6 Å². The van der Waals surface area contributed by atoms with Gasteiger partial charge in [-0.2, -0.15) is 0 Å². The van der Waals surface area contributed by atoms with Gasteiger partial charge in [0.25, 0.3) is 0 Å². The lowest BCUT2D eigenvalue weighted by atomic mass is 9.83. The van der Waals surface area contributed by atoms with E-state index in [1.54, 1.807) is 0 Å². The molecule has 21 heavy (non-hydrogen) atoms. The highest BCUT2D eigenvalue weighted by Gasteiger charge is 2.38. The number of carbonyl (C=O) groups excluding carboxylic acids is 1. The Morgan fingerprint density at radius 2 is 1.86 bits per heavy atom. The first-order valence-corrected chi connectivity index (χ1v) is 9.32. The van der Waals surface area contributed by atoms with E-state index in [2.05, 4.69) is 17.6 Å². The Morgan fingerprint density at radius 1 is 1.10 bits per heavy atom. The summed E-state index contributed by atoms with van der Waals surface area (Å²) in [6.07, 6.45) is 14.0. The number of hydrogen-bond donors (Lipinski definition) is 2. The quantitative estimate of drug-likeness (QED) is 0.834. The average molecular weight is 292 g/mol. The lowest BCUT2D eigenvalue weighted by molar-refractivity contribution is -0.123. The largest absolute Gasteiger partial charge is 0.352 e. The van der Waals surface area contributed by atoms with Gasteiger partial charge in [-0.3, -0.25) is 4.79 Å². The van der Waals surface area contributed by atoms with Crippen molar-refractivity contribution in [3.63, 3.8) is 0 Å². The van der Waals surface area contributed by atoms with Crippen molar-refractivity contribution in [1.82, 2.24) is 10.6 Å². The van der Waals surface area contributed by atoms with Gasteiger partial charge in [0.15, 0.2) is 0 Å². The Kier molecular flexibility index (Phi) is 5.20. The molecule has 1 amide bonds. The summed E-state index contributed by atoms with van der Waals surface area (Å²) in [4.78, 5) is 12.5. The fourth-order valence-electron chi connectivity index (χ4n) is 4.83. The zero-order valence-electron chi connectivity index (χ0n) is 13.6. The van der Waals surface area contributed by atoms with Gasteiger partial charge in [-0.15, -0.1) is 0 Å². The molecule has 0 aromatic carbocycles. The molecule has 3 nitrogen and oxygen atoms in total. The summed E-state index contributed by atoms with van der Waals surface area (Å²) in [5, 5.41) is 6.93. The number of nitrogens with one attached hydrogen (secondary N) is 2. The maximum atomic E-state index is 12.5. The maximum Gasteiger partial charge on any atom is 0.237 e. The number of hydrogen-bond acceptors (Lipinski definition) is 2. The van der Waals surface area contributed by atoms with Crippen molar-refractivity contribution >= 4 is 5.91 Å². The smallest absolute Gasteiger partial charge is 0.237 e. The molecular formula is C18H32N2O. The van der Waals surface area contributed by atoms with Crippen molar-refractivity contribution < 1.29 is 4.79 Å². The van der Waals surface area contributed by atoms with Crippen molar-refractivity contribution in [3.8, 4) is 0 Å². The Hall–Kier alpha value is -0.570. The normalized spacial score (nSPS) is 39.8. The SMILES string of the molecule is CCCC1CCC(NC(=O)C2CC3CCCCC3N2)CC1. The average Bonchev–Trinajstić information content (AvgIpc) is 2.94. The van der Waals surface area contributed by atoms with Crippen molar-refractivity contribution in [2.45, 2.75) is 95.7 Å². The van der Waals surface area contributed by atoms with Crippen LogP contribution in [0.25, 0.3) is 0 Å². The Labute approximate surface area is 129 Å². The van der Waals surface area contributed by atoms with Gasteiger partial charge in [-0.25, -0.2) is 0 Å². The third-order valence-electron chi connectivity index (χ3n) is 6.07. The lowest BCUT2D eigenvalue weighted by Gasteiger charge is -2.29. The number of rotatable bonds is 4. The van der Waals surface area contributed by atoms with Crippen LogP contribution in [0.5, 0.6) is 0 Å². The number of fused-ring (bicyclic) bond motifs is 1. The highest BCUT2D eigenvalue weighted by molar-refractivity contribution is 5.82. The molecule has 0 aromatic heterocycles. The summed E-state index contributed by atoms with van der Waals surface area (Å²) in [5.41, 5.74) is 0. The van der Waals surface area contributed by atoms with E-state index in [4.69, 9.17) is 0 Å². The predicted molar refractivity (Wildman–Crippen MR) is 86.1 cm³/mol. The van der Waals surface area contributed by atoms with E-state index in [1.165, 1.54) is 64.2 Å². The zero-order valence-corrected chi connectivity index (χ0v) is 13.6. The molecule has 3 fully saturated rings. The first-order chi connectivity index (χ1) is 10.3. The summed E-state index contributed by atoms with van der Waals surface area (Å²) < 4.78 is 0. The van der Waals surface area contributed by atoms with Crippen LogP contribution >= 0.6 is 0 Å². The van der Waals surface area contributed by atoms with Crippen LogP contribution in [0.2, 0.25) is 0 Å². The molecule has 0 spiro atoms. The third-order valence-corrected chi connectivity index (χ3v) is 6.07. The molecule has 3 rings (SSSR count). The van der Waals surface area contributed by atoms with Gasteiger partial charge >= 0.3 is 0 Å². The van der Waals surface area contributed by atoms with E-state index < -0.39 is 0 Å². The number of amides is 1. The van der Waals surface area contributed by atoms with E-state index in [1.807, 2.05) is 0 Å². The summed E-state index contributed by atoms with van der Waals surface area (Å²) in [7, 11) is 0. The second-order valence-electron chi connectivity index (χ2n) is 7.62. The fourth-order valence-corrected chi connectivity index (χ4v) is 4.83. The maximum absolute atomic E-state index is 12.5. The molecule has 3 unspecified atom stereocenters. The van der Waals surface area contributed by atoms with Gasteiger partial charge in [0.1, 0.15) is 0 Å². The topological polar surface area (TPSA) is 41.1 Å². The van der Waals surface area contributed by atoms with Crippen molar-refractivity contribution in [1.29, 1.82) is 0 Å². The molecule has 2 aliphatic carbocycles. The van der Waals surface area contributed by atoms with E-state index in [-0.39, 0.29) is 11.9 Å². The molecule has 0 radical (unpaired) electrons. The second kappa shape index (κ2) is 7.13. The summed E-state index contributed by atoms with van der Waals surface area (Å²) >= 11 is 0. The standard InChI is InChI=1S/C18H32N2O/c1-2-5-13-8-10-15(11-9-13)19-18(21)17-12-14-6-3-4-7-16(14)20-17/h13-17,20H,2-12H2,1H3,(H,19,21). The monoisotopic (exact) mass is 292 g/mol. The third kappa shape index (κ3) is 3.80. The van der Waals surface area contributed by atoms with Crippen LogP contribution < -0.4 is 10.6 Å². The van der Waals surface area contributed by atoms with Crippen LogP contribution in [0.3, 0.4) is 0 Å². The van der Waals surface area contributed by atoms with Crippen LogP contribution in [0.1, 0.15) is 77.6 Å². The molecule has 3 aliphatic rings. The van der Waals surface area contributed by atoms with Crippen molar-refractivity contribution in [2.24, 2.45) is 11.8 Å². The predicted octanol–water partition coefficient (Wildman–Crippen LogP) is 3.38. The van der Waals surface area contributed by atoms with Gasteiger partial charge in [0.05, 0.1) is 6.04 Å². The summed E-state index contributed by atoms with van der Waals surface area (Å²) in [6.45, 7) is 2.28. The van der Waals surface area contributed by atoms with Gasteiger partial charge in [-0.1, -0.05) is 32.6 Å². The first-order valence-electron chi connectivity index (χ1n) is 9.32. The van der Waals surface area contributed by atoms with Crippen LogP contribution in [-0.2, 0) is 4.79 Å². The fraction of sp³-hybridized carbons (Fsp3) is 0.944. The lowest BCUT2D eigenvalue weighted by Crippen LogP contribution is -2.47. The van der Waals surface area contributed by atoms with Crippen LogP contribution in [0, 0.1) is 11.8 Å². The molecule has 1 saturated heterocycles. The van der Waals surface area contributed by atoms with E-state index >= 15 is 0 Å². The van der Waals surface area contributed by atoms with Crippen molar-refractivity contribution in [3.05, 3.63) is 0 Å². The van der Waals surface area contributed by atoms with E-state index in [0.29, 0.717) is 12.1 Å². The minimum atomic E-state index is 0.0893. The zero-order chi connectivity index (χ0) is 14.7. The van der Waals surface area contributed by atoms with Gasteiger partial charge in [-0.05, 0) is 56.8 Å². The Morgan fingerprint density at radius 3 is 2.57 bits per heavy atom. The van der Waals surface area contributed by atoms with E-state index in [0.717, 1.165) is 18.3 Å². The molecule has 3 heteroatoms. The minimum Gasteiger partial charge on any atom is -0.352 e. The van der Waals surface area contributed by atoms with Crippen LogP contribution in [-0.4, -0.2) is 24.0 Å². The van der Waals surface area contributed by atoms with Crippen LogP contribution in [0.4, 0.5) is 0 Å². The molecule has 2 saturated carbocycles. The Balaban J connectivity index is 1.42. The molecule has 3 atom stereocenters. The molecule has 120 valence electrons. The van der Waals surface area contributed by atoms with E-state index in [9.17, 15) is 4.79 Å². The number of carbonyl (C=O) groups is 1. The summed E-state index contributed by atoms with van der Waals surface area (Å²) in [6, 6.07) is 1.15.